The van der Waals surface area contributed by atoms with Crippen LogP contribution in [-0.4, -0.2) is 64.6 Å². The molecule has 6 nitrogen and oxygen atoms in total. The van der Waals surface area contributed by atoms with E-state index in [9.17, 15) is 5.11 Å². The van der Waals surface area contributed by atoms with Gasteiger partial charge in [-0.15, -0.1) is 0 Å². The molecule has 2 saturated heterocycles. The van der Waals surface area contributed by atoms with Gasteiger partial charge in [-0.2, -0.15) is 0 Å². The topological polar surface area (TPSA) is 66.4 Å². The predicted octanol–water partition coefficient (Wildman–Crippen LogP) is 5.41. The number of aliphatic hydroxyl groups is 1. The highest BCUT2D eigenvalue weighted by Crippen LogP contribution is 2.43. The molecule has 0 aromatic rings. The van der Waals surface area contributed by atoms with Crippen LogP contribution in [0.1, 0.15) is 73.1 Å². The van der Waals surface area contributed by atoms with E-state index in [-0.39, 0.29) is 42.7 Å². The minimum atomic E-state index is -1.89. The molecule has 0 saturated carbocycles. The van der Waals surface area contributed by atoms with Crippen molar-refractivity contribution >= 4 is 8.32 Å². The molecule has 0 amide bonds. The second-order valence-electron chi connectivity index (χ2n) is 11.2. The average Bonchev–Trinajstić information content (AvgIpc) is 2.71. The highest BCUT2D eigenvalue weighted by molar-refractivity contribution is 6.74. The summed E-state index contributed by atoms with van der Waals surface area (Å²) in [7, 11) is -0.275. The van der Waals surface area contributed by atoms with E-state index in [4.69, 9.17) is 23.4 Å². The van der Waals surface area contributed by atoms with Crippen LogP contribution in [0, 0.1) is 5.92 Å². The van der Waals surface area contributed by atoms with Crippen molar-refractivity contribution in [3.8, 4) is 0 Å². The van der Waals surface area contributed by atoms with Gasteiger partial charge in [-0.25, -0.2) is 0 Å². The van der Waals surface area contributed by atoms with Crippen molar-refractivity contribution in [1.82, 2.24) is 0 Å². The zero-order valence-corrected chi connectivity index (χ0v) is 22.7. The maximum atomic E-state index is 9.64. The molecule has 0 aromatic heterocycles. The van der Waals surface area contributed by atoms with Gasteiger partial charge < -0.3 is 28.5 Å². The number of hydrogen-bond acceptors (Lipinski definition) is 6. The van der Waals surface area contributed by atoms with Gasteiger partial charge in [0.25, 0.3) is 0 Å². The molecule has 2 heterocycles. The smallest absolute Gasteiger partial charge is 0.192 e. The van der Waals surface area contributed by atoms with Crippen molar-refractivity contribution < 1.29 is 28.5 Å². The van der Waals surface area contributed by atoms with Crippen LogP contribution >= 0.6 is 0 Å². The molecule has 1 spiro atoms. The molecule has 1 N–H and O–H groups in total. The first-order valence-corrected chi connectivity index (χ1v) is 15.2. The quantitative estimate of drug-likeness (QED) is 0.261. The Balaban J connectivity index is 2.15. The van der Waals surface area contributed by atoms with Gasteiger partial charge in [0.05, 0.1) is 24.9 Å². The number of hydrogen-bond donors (Lipinski definition) is 1. The lowest BCUT2D eigenvalue weighted by atomic mass is 9.91. The van der Waals surface area contributed by atoms with Crippen molar-refractivity contribution in [2.45, 2.75) is 115 Å². The van der Waals surface area contributed by atoms with Crippen LogP contribution in [0.5, 0.6) is 0 Å². The van der Waals surface area contributed by atoms with Gasteiger partial charge in [0.2, 0.25) is 0 Å². The Morgan fingerprint density at radius 3 is 2.56 bits per heavy atom. The molecule has 0 bridgehead atoms. The third kappa shape index (κ3) is 7.62. The highest BCUT2D eigenvalue weighted by atomic mass is 28.4. The molecule has 7 heteroatoms. The third-order valence-corrected chi connectivity index (χ3v) is 11.9. The first-order valence-electron chi connectivity index (χ1n) is 12.3. The van der Waals surface area contributed by atoms with Crippen LogP contribution < -0.4 is 0 Å². The lowest BCUT2D eigenvalue weighted by molar-refractivity contribution is -0.307. The van der Waals surface area contributed by atoms with Crippen LogP contribution in [0.2, 0.25) is 18.1 Å². The molecule has 188 valence electrons. The van der Waals surface area contributed by atoms with Gasteiger partial charge in [0.15, 0.2) is 14.1 Å². The van der Waals surface area contributed by atoms with E-state index in [2.05, 4.69) is 46.9 Å². The summed E-state index contributed by atoms with van der Waals surface area (Å²) in [5.74, 6) is -0.517. The van der Waals surface area contributed by atoms with Gasteiger partial charge in [-0.3, -0.25) is 0 Å². The summed E-state index contributed by atoms with van der Waals surface area (Å²) in [6.45, 7) is 16.6. The average molecular weight is 473 g/mol. The van der Waals surface area contributed by atoms with E-state index in [1.807, 2.05) is 6.92 Å². The zero-order valence-electron chi connectivity index (χ0n) is 21.7. The lowest BCUT2D eigenvalue weighted by Crippen LogP contribution is -2.53. The molecular formula is C25H48O6Si. The Hall–Kier alpha value is -0.283. The fourth-order valence-corrected chi connectivity index (χ4v) is 5.81. The van der Waals surface area contributed by atoms with Crippen LogP contribution in [0.25, 0.3) is 0 Å². The van der Waals surface area contributed by atoms with Crippen molar-refractivity contribution in [3.05, 3.63) is 11.6 Å². The molecule has 0 aliphatic carbocycles. The lowest BCUT2D eigenvalue weighted by Gasteiger charge is -2.49. The van der Waals surface area contributed by atoms with Gasteiger partial charge in [0.1, 0.15) is 6.79 Å². The first-order chi connectivity index (χ1) is 14.9. The molecule has 5 unspecified atom stereocenters. The zero-order chi connectivity index (χ0) is 24.0. The fourth-order valence-electron chi connectivity index (χ4n) is 4.45. The summed E-state index contributed by atoms with van der Waals surface area (Å²) < 4.78 is 30.6. The maximum Gasteiger partial charge on any atom is 0.192 e. The molecule has 32 heavy (non-hydrogen) atoms. The van der Waals surface area contributed by atoms with E-state index < -0.39 is 14.1 Å². The van der Waals surface area contributed by atoms with Crippen LogP contribution in [0.4, 0.5) is 0 Å². The summed E-state index contributed by atoms with van der Waals surface area (Å²) in [5.41, 5.74) is 1.10. The second kappa shape index (κ2) is 11.9. The van der Waals surface area contributed by atoms with Crippen LogP contribution in [0.15, 0.2) is 11.6 Å². The minimum Gasteiger partial charge on any atom is -0.414 e. The van der Waals surface area contributed by atoms with Gasteiger partial charge in [-0.05, 0) is 56.3 Å². The number of aliphatic hydroxyl groups excluding tert-OH is 1. The number of rotatable bonds is 10. The normalized spacial score (nSPS) is 29.8. The Labute approximate surface area is 197 Å². The Kier molecular flexibility index (Phi) is 10.4. The van der Waals surface area contributed by atoms with Crippen LogP contribution in [0.3, 0.4) is 0 Å². The fraction of sp³-hybridized carbons (Fsp3) is 0.920. The first kappa shape index (κ1) is 28.0. The summed E-state index contributed by atoms with van der Waals surface area (Å²) >= 11 is 0. The monoisotopic (exact) mass is 472 g/mol. The van der Waals surface area contributed by atoms with Gasteiger partial charge in [-0.1, -0.05) is 33.8 Å². The molecule has 2 rings (SSSR count). The summed E-state index contributed by atoms with van der Waals surface area (Å²) in [6, 6.07) is 0. The highest BCUT2D eigenvalue weighted by Gasteiger charge is 2.47. The van der Waals surface area contributed by atoms with E-state index in [0.717, 1.165) is 50.7 Å². The Morgan fingerprint density at radius 1 is 1.28 bits per heavy atom. The van der Waals surface area contributed by atoms with E-state index in [1.54, 1.807) is 7.11 Å². The van der Waals surface area contributed by atoms with Gasteiger partial charge in [0, 0.05) is 32.5 Å². The standard InChI is InChI=1S/C25H48O6Si/c1-19(23(20(2)17-26)28-18-27-6)11-12-21-15-22(31-32(7,8)24(3,4)5)16-25(30-21)13-9-10-14-29-25/h11,20-23,26H,9-10,12-18H2,1-8H3/b19-11+. The van der Waals surface area contributed by atoms with Crippen molar-refractivity contribution in [1.29, 1.82) is 0 Å². The summed E-state index contributed by atoms with van der Waals surface area (Å²) in [5, 5.41) is 9.81. The molecule has 0 radical (unpaired) electrons. The number of methoxy groups -OCH3 is 1. The Morgan fingerprint density at radius 2 is 2.00 bits per heavy atom. The minimum absolute atomic E-state index is 0.00337. The van der Waals surface area contributed by atoms with Gasteiger partial charge >= 0.3 is 0 Å². The largest absolute Gasteiger partial charge is 0.414 e. The van der Waals surface area contributed by atoms with Crippen molar-refractivity contribution in [2.75, 3.05) is 27.1 Å². The summed E-state index contributed by atoms with van der Waals surface area (Å²) in [4.78, 5) is 0. The molecule has 5 atom stereocenters. The molecule has 2 aliphatic heterocycles. The van der Waals surface area contributed by atoms with E-state index >= 15 is 0 Å². The number of ether oxygens (including phenoxy) is 4. The second-order valence-corrected chi connectivity index (χ2v) is 16.0. The Bertz CT molecular complexity index is 594. The van der Waals surface area contributed by atoms with Crippen LogP contribution in [-0.2, 0) is 23.4 Å². The maximum absolute atomic E-state index is 9.64. The van der Waals surface area contributed by atoms with Crippen molar-refractivity contribution in [3.63, 3.8) is 0 Å². The van der Waals surface area contributed by atoms with Crippen molar-refractivity contribution in [2.24, 2.45) is 5.92 Å². The van der Waals surface area contributed by atoms with E-state index in [1.165, 1.54) is 0 Å². The third-order valence-electron chi connectivity index (χ3n) is 7.35. The molecule has 0 aromatic carbocycles. The molecule has 2 fully saturated rings. The van der Waals surface area contributed by atoms with E-state index in [0.29, 0.717) is 0 Å². The molecular weight excluding hydrogens is 424 g/mol. The summed E-state index contributed by atoms with van der Waals surface area (Å²) in [6.07, 6.45) is 7.85. The molecule has 2 aliphatic rings. The predicted molar refractivity (Wildman–Crippen MR) is 130 cm³/mol. The SMILES string of the molecule is COCOC(/C(C)=C/CC1CC(O[Si](C)(C)C(C)(C)C)CC2(CCCCO2)O1)C(C)CO.